The number of aryl methyl sites for hydroxylation is 1. The zero-order chi connectivity index (χ0) is 16.2. The van der Waals surface area contributed by atoms with E-state index in [1.54, 1.807) is 10.9 Å². The van der Waals surface area contributed by atoms with E-state index < -0.39 is 5.60 Å². The zero-order valence-electron chi connectivity index (χ0n) is 13.2. The molecule has 5 heteroatoms. The molecule has 0 saturated carbocycles. The van der Waals surface area contributed by atoms with Crippen molar-refractivity contribution in [1.29, 1.82) is 0 Å². The summed E-state index contributed by atoms with van der Waals surface area (Å²) in [5.74, 6) is -0.230. The van der Waals surface area contributed by atoms with Crippen LogP contribution in [0.15, 0.2) is 36.7 Å². The van der Waals surface area contributed by atoms with Crippen LogP contribution in [-0.2, 0) is 22.7 Å². The van der Waals surface area contributed by atoms with E-state index in [1.807, 2.05) is 51.2 Å². The fourth-order valence-electron chi connectivity index (χ4n) is 2.08. The van der Waals surface area contributed by atoms with Crippen molar-refractivity contribution in [3.63, 3.8) is 0 Å². The summed E-state index contributed by atoms with van der Waals surface area (Å²) in [6.07, 6.45) is 3.93. The fraction of sp³-hybridized carbons (Fsp3) is 0.412. The highest BCUT2D eigenvalue weighted by Gasteiger charge is 2.16. The summed E-state index contributed by atoms with van der Waals surface area (Å²) >= 11 is 0. The van der Waals surface area contributed by atoms with E-state index in [0.29, 0.717) is 6.54 Å². The van der Waals surface area contributed by atoms with Gasteiger partial charge in [-0.3, -0.25) is 9.48 Å². The van der Waals surface area contributed by atoms with E-state index in [4.69, 9.17) is 4.74 Å². The van der Waals surface area contributed by atoms with Crippen LogP contribution >= 0.6 is 0 Å². The molecule has 0 amide bonds. The van der Waals surface area contributed by atoms with Gasteiger partial charge in [0, 0.05) is 11.8 Å². The van der Waals surface area contributed by atoms with E-state index in [9.17, 15) is 9.90 Å². The van der Waals surface area contributed by atoms with Gasteiger partial charge in [0.15, 0.2) is 0 Å². The van der Waals surface area contributed by atoms with Crippen LogP contribution in [0.1, 0.15) is 32.8 Å². The molecule has 0 radical (unpaired) electrons. The van der Waals surface area contributed by atoms with Gasteiger partial charge < -0.3 is 9.84 Å². The highest BCUT2D eigenvalue weighted by atomic mass is 16.6. The first kappa shape index (κ1) is 16.2. The second-order valence-electron chi connectivity index (χ2n) is 6.19. The number of carbonyl (C=O) groups excluding carboxylic acids is 1. The van der Waals surface area contributed by atoms with Crippen molar-refractivity contribution in [3.05, 3.63) is 42.2 Å². The lowest BCUT2D eigenvalue weighted by atomic mass is 10.1. The lowest BCUT2D eigenvalue weighted by Crippen LogP contribution is -2.24. The van der Waals surface area contributed by atoms with Crippen LogP contribution in [0.5, 0.6) is 0 Å². The van der Waals surface area contributed by atoms with Gasteiger partial charge in [0.1, 0.15) is 5.60 Å². The third-order valence-corrected chi connectivity index (χ3v) is 3.04. The van der Waals surface area contributed by atoms with Crippen LogP contribution in [0.4, 0.5) is 0 Å². The third-order valence-electron chi connectivity index (χ3n) is 3.04. The maximum Gasteiger partial charge on any atom is 0.308 e. The zero-order valence-corrected chi connectivity index (χ0v) is 13.2. The summed E-state index contributed by atoms with van der Waals surface area (Å²) in [6.45, 7) is 6.05. The predicted molar refractivity (Wildman–Crippen MR) is 84.0 cm³/mol. The Morgan fingerprint density at radius 2 is 2.09 bits per heavy atom. The Hall–Kier alpha value is -2.14. The molecule has 0 unspecified atom stereocenters. The minimum absolute atomic E-state index is 0.0145. The van der Waals surface area contributed by atoms with Gasteiger partial charge in [-0.25, -0.2) is 0 Å². The molecule has 5 nitrogen and oxygen atoms in total. The predicted octanol–water partition coefficient (Wildman–Crippen LogP) is 2.77. The SMILES string of the molecule is CC(C)(C)OC(=O)CCn1cc(-c2cccc(CO)c2)cn1. The maximum atomic E-state index is 11.7. The maximum absolute atomic E-state index is 11.7. The van der Waals surface area contributed by atoms with Gasteiger partial charge in [-0.1, -0.05) is 18.2 Å². The Bertz CT molecular complexity index is 641. The van der Waals surface area contributed by atoms with E-state index in [0.717, 1.165) is 16.7 Å². The Morgan fingerprint density at radius 1 is 1.32 bits per heavy atom. The molecule has 2 aromatic rings. The van der Waals surface area contributed by atoms with Crippen molar-refractivity contribution in [1.82, 2.24) is 9.78 Å². The first-order valence-electron chi connectivity index (χ1n) is 7.32. The summed E-state index contributed by atoms with van der Waals surface area (Å²) in [7, 11) is 0. The Labute approximate surface area is 130 Å². The van der Waals surface area contributed by atoms with Crippen molar-refractivity contribution in [2.24, 2.45) is 0 Å². The number of hydrogen-bond donors (Lipinski definition) is 1. The van der Waals surface area contributed by atoms with Crippen LogP contribution < -0.4 is 0 Å². The molecule has 1 aromatic carbocycles. The van der Waals surface area contributed by atoms with Crippen molar-refractivity contribution in [2.75, 3.05) is 0 Å². The van der Waals surface area contributed by atoms with Crippen LogP contribution in [0, 0.1) is 0 Å². The molecule has 0 aliphatic carbocycles. The molecular formula is C17H22N2O3. The molecule has 0 aliphatic heterocycles. The number of nitrogens with zero attached hydrogens (tertiary/aromatic N) is 2. The fourth-order valence-corrected chi connectivity index (χ4v) is 2.08. The summed E-state index contributed by atoms with van der Waals surface area (Å²) in [5, 5.41) is 13.4. The third kappa shape index (κ3) is 4.70. The molecule has 22 heavy (non-hydrogen) atoms. The summed E-state index contributed by atoms with van der Waals surface area (Å²) < 4.78 is 7.00. The molecule has 0 atom stereocenters. The monoisotopic (exact) mass is 302 g/mol. The summed E-state index contributed by atoms with van der Waals surface area (Å²) in [6, 6.07) is 7.67. The lowest BCUT2D eigenvalue weighted by molar-refractivity contribution is -0.155. The Kier molecular flexibility index (Phi) is 4.98. The molecule has 0 bridgehead atoms. The van der Waals surface area contributed by atoms with Crippen molar-refractivity contribution < 1.29 is 14.6 Å². The topological polar surface area (TPSA) is 64.3 Å². The van der Waals surface area contributed by atoms with E-state index in [-0.39, 0.29) is 19.0 Å². The summed E-state index contributed by atoms with van der Waals surface area (Å²) in [4.78, 5) is 11.7. The van der Waals surface area contributed by atoms with Gasteiger partial charge in [0.25, 0.3) is 0 Å². The summed E-state index contributed by atoms with van der Waals surface area (Å²) in [5.41, 5.74) is 2.35. The second-order valence-corrected chi connectivity index (χ2v) is 6.19. The molecule has 1 N–H and O–H groups in total. The average molecular weight is 302 g/mol. The molecule has 1 aromatic heterocycles. The van der Waals surface area contributed by atoms with Crippen LogP contribution in [0.3, 0.4) is 0 Å². The van der Waals surface area contributed by atoms with Gasteiger partial charge >= 0.3 is 5.97 Å². The van der Waals surface area contributed by atoms with Gasteiger partial charge in [-0.2, -0.15) is 5.10 Å². The Morgan fingerprint density at radius 3 is 2.77 bits per heavy atom. The number of esters is 1. The molecule has 0 spiro atoms. The number of aliphatic hydroxyl groups excluding tert-OH is 1. The minimum atomic E-state index is -0.461. The minimum Gasteiger partial charge on any atom is -0.460 e. The van der Waals surface area contributed by atoms with Crippen LogP contribution in [-0.4, -0.2) is 26.5 Å². The van der Waals surface area contributed by atoms with Gasteiger partial charge in [0.2, 0.25) is 0 Å². The highest BCUT2D eigenvalue weighted by Crippen LogP contribution is 2.20. The van der Waals surface area contributed by atoms with Crippen molar-refractivity contribution in [2.45, 2.75) is 45.9 Å². The number of ether oxygens (including phenoxy) is 1. The van der Waals surface area contributed by atoms with Gasteiger partial charge in [0.05, 0.1) is 25.8 Å². The highest BCUT2D eigenvalue weighted by molar-refractivity contribution is 5.69. The first-order chi connectivity index (χ1) is 10.4. The number of hydrogen-bond acceptors (Lipinski definition) is 4. The molecular weight excluding hydrogens is 280 g/mol. The molecule has 118 valence electrons. The van der Waals surface area contributed by atoms with E-state index in [2.05, 4.69) is 5.10 Å². The largest absolute Gasteiger partial charge is 0.460 e. The number of aliphatic hydroxyl groups is 1. The molecule has 0 saturated heterocycles. The smallest absolute Gasteiger partial charge is 0.308 e. The molecule has 1 heterocycles. The van der Waals surface area contributed by atoms with Gasteiger partial charge in [-0.15, -0.1) is 0 Å². The normalized spacial score (nSPS) is 11.5. The van der Waals surface area contributed by atoms with Gasteiger partial charge in [-0.05, 0) is 38.0 Å². The number of carbonyl (C=O) groups is 1. The van der Waals surface area contributed by atoms with Crippen LogP contribution in [0.25, 0.3) is 11.1 Å². The van der Waals surface area contributed by atoms with Crippen LogP contribution in [0.2, 0.25) is 0 Å². The second kappa shape index (κ2) is 6.75. The quantitative estimate of drug-likeness (QED) is 0.863. The van der Waals surface area contributed by atoms with E-state index >= 15 is 0 Å². The number of rotatable bonds is 5. The molecule has 0 aliphatic rings. The first-order valence-corrected chi connectivity index (χ1v) is 7.32. The number of benzene rings is 1. The Balaban J connectivity index is 1.98. The standard InChI is InChI=1S/C17H22N2O3/c1-17(2,3)22-16(21)7-8-19-11-15(10-18-19)14-6-4-5-13(9-14)12-20/h4-6,9-11,20H,7-8,12H2,1-3H3. The average Bonchev–Trinajstić information content (AvgIpc) is 2.92. The van der Waals surface area contributed by atoms with Crippen molar-refractivity contribution in [3.8, 4) is 11.1 Å². The molecule has 0 fully saturated rings. The van der Waals surface area contributed by atoms with E-state index in [1.165, 1.54) is 0 Å². The molecule has 2 rings (SSSR count). The lowest BCUT2D eigenvalue weighted by Gasteiger charge is -2.19. The number of aromatic nitrogens is 2. The van der Waals surface area contributed by atoms with Crippen molar-refractivity contribution >= 4 is 5.97 Å².